The second-order valence-electron chi connectivity index (χ2n) is 7.75. The number of Topliss-reactive ketones (excluding diaryl/α,β-unsaturated/α-hetero) is 1. The summed E-state index contributed by atoms with van der Waals surface area (Å²) >= 11 is 0. The summed E-state index contributed by atoms with van der Waals surface area (Å²) in [5.41, 5.74) is 4.69. The maximum absolute atomic E-state index is 12.5. The van der Waals surface area contributed by atoms with Gasteiger partial charge in [-0.1, -0.05) is 17.3 Å². The number of nitrogens with zero attached hydrogens (tertiary/aromatic N) is 3. The molecule has 1 aliphatic rings. The van der Waals surface area contributed by atoms with E-state index in [1.54, 1.807) is 4.68 Å². The lowest BCUT2D eigenvalue weighted by atomic mass is 9.88. The zero-order chi connectivity index (χ0) is 21.2. The molecule has 1 amide bonds. The van der Waals surface area contributed by atoms with Crippen LogP contribution in [-0.2, 0) is 22.3 Å². The second-order valence-corrected chi connectivity index (χ2v) is 7.75. The average Bonchev–Trinajstić information content (AvgIpc) is 3.23. The van der Waals surface area contributed by atoms with Crippen molar-refractivity contribution in [3.05, 3.63) is 52.3 Å². The quantitative estimate of drug-likeness (QED) is 0.729. The first-order valence-electron chi connectivity index (χ1n) is 9.90. The fourth-order valence-corrected chi connectivity index (χ4v) is 3.76. The topological polar surface area (TPSA) is 85.6 Å². The van der Waals surface area contributed by atoms with E-state index in [-0.39, 0.29) is 24.5 Å². The lowest BCUT2D eigenvalue weighted by Gasteiger charge is -2.20. The number of oxime groups is 1. The predicted molar refractivity (Wildman–Crippen MR) is 111 cm³/mol. The molecule has 0 fully saturated rings. The van der Waals surface area contributed by atoms with Gasteiger partial charge in [0.1, 0.15) is 0 Å². The summed E-state index contributed by atoms with van der Waals surface area (Å²) in [5.74, 6) is -0.127. The van der Waals surface area contributed by atoms with Crippen molar-refractivity contribution in [1.29, 1.82) is 0 Å². The highest BCUT2D eigenvalue weighted by atomic mass is 16.7. The molecule has 7 nitrogen and oxygen atoms in total. The van der Waals surface area contributed by atoms with E-state index in [1.165, 1.54) is 0 Å². The van der Waals surface area contributed by atoms with Gasteiger partial charge in [0, 0.05) is 50.2 Å². The summed E-state index contributed by atoms with van der Waals surface area (Å²) in [4.78, 5) is 29.9. The van der Waals surface area contributed by atoms with Gasteiger partial charge in [0.2, 0.25) is 5.91 Å². The zero-order valence-corrected chi connectivity index (χ0v) is 17.7. The van der Waals surface area contributed by atoms with E-state index in [4.69, 9.17) is 4.84 Å². The summed E-state index contributed by atoms with van der Waals surface area (Å²) in [6.45, 7) is 8.32. The molecule has 1 N–H and O–H groups in total. The molecule has 2 aromatic rings. The van der Waals surface area contributed by atoms with Crippen molar-refractivity contribution in [2.75, 3.05) is 6.54 Å². The van der Waals surface area contributed by atoms with Crippen LogP contribution in [0.15, 0.2) is 29.6 Å². The van der Waals surface area contributed by atoms with Gasteiger partial charge in [-0.2, -0.15) is 5.10 Å². The molecule has 29 heavy (non-hydrogen) atoms. The van der Waals surface area contributed by atoms with E-state index >= 15 is 0 Å². The Kier molecular flexibility index (Phi) is 5.86. The van der Waals surface area contributed by atoms with Gasteiger partial charge in [-0.05, 0) is 44.9 Å². The van der Waals surface area contributed by atoms with Crippen molar-refractivity contribution in [1.82, 2.24) is 15.1 Å². The normalized spacial score (nSPS) is 18.3. The first-order valence-corrected chi connectivity index (χ1v) is 9.90. The maximum Gasteiger partial charge on any atom is 0.220 e. The van der Waals surface area contributed by atoms with E-state index < -0.39 is 5.60 Å². The van der Waals surface area contributed by atoms with Crippen molar-refractivity contribution >= 4 is 17.4 Å². The molecule has 3 rings (SSSR count). The largest absolute Gasteiger partial charge is 0.384 e. The molecule has 1 atom stereocenters. The number of aryl methyl sites for hydroxylation is 3. The lowest BCUT2D eigenvalue weighted by Crippen LogP contribution is -2.23. The Balaban J connectivity index is 1.71. The minimum Gasteiger partial charge on any atom is -0.384 e. The van der Waals surface area contributed by atoms with E-state index in [9.17, 15) is 9.59 Å². The van der Waals surface area contributed by atoms with Crippen LogP contribution in [-0.4, -0.2) is 33.7 Å². The SMILES string of the molecule is CCNC(=O)CCC(=O)c1ccc(C2=NOC(C)(c3cn(C)nc3C)C2)cc1C. The highest BCUT2D eigenvalue weighted by Gasteiger charge is 2.39. The number of ketones is 1. The Hall–Kier alpha value is -2.96. The van der Waals surface area contributed by atoms with Gasteiger partial charge in [0.05, 0.1) is 11.4 Å². The molecular formula is C22H28N4O3. The van der Waals surface area contributed by atoms with E-state index in [1.807, 2.05) is 59.1 Å². The van der Waals surface area contributed by atoms with Crippen LogP contribution in [0.3, 0.4) is 0 Å². The second kappa shape index (κ2) is 8.19. The van der Waals surface area contributed by atoms with Crippen LogP contribution in [0.5, 0.6) is 0 Å². The van der Waals surface area contributed by atoms with Crippen LogP contribution in [0.25, 0.3) is 0 Å². The summed E-state index contributed by atoms with van der Waals surface area (Å²) < 4.78 is 1.78. The number of rotatable bonds is 7. The Bertz CT molecular complexity index is 976. The summed E-state index contributed by atoms with van der Waals surface area (Å²) in [6.07, 6.45) is 3.00. The van der Waals surface area contributed by atoms with Gasteiger partial charge < -0.3 is 10.2 Å². The van der Waals surface area contributed by atoms with Crippen LogP contribution >= 0.6 is 0 Å². The summed E-state index contributed by atoms with van der Waals surface area (Å²) in [5, 5.41) is 11.4. The first-order chi connectivity index (χ1) is 13.7. The highest BCUT2D eigenvalue weighted by Crippen LogP contribution is 2.37. The third-order valence-corrected chi connectivity index (χ3v) is 5.26. The molecule has 7 heteroatoms. The Morgan fingerprint density at radius 3 is 2.66 bits per heavy atom. The summed E-state index contributed by atoms with van der Waals surface area (Å²) in [6, 6.07) is 5.68. The minimum absolute atomic E-state index is 0.0271. The van der Waals surface area contributed by atoms with Crippen molar-refractivity contribution in [2.24, 2.45) is 12.2 Å². The van der Waals surface area contributed by atoms with Crippen molar-refractivity contribution in [3.63, 3.8) is 0 Å². The van der Waals surface area contributed by atoms with Gasteiger partial charge in [-0.25, -0.2) is 0 Å². The van der Waals surface area contributed by atoms with Gasteiger partial charge >= 0.3 is 0 Å². The predicted octanol–water partition coefficient (Wildman–Crippen LogP) is 3.18. The van der Waals surface area contributed by atoms with Gasteiger partial charge in [-0.3, -0.25) is 14.3 Å². The van der Waals surface area contributed by atoms with Crippen molar-refractivity contribution in [3.8, 4) is 0 Å². The third-order valence-electron chi connectivity index (χ3n) is 5.26. The molecular weight excluding hydrogens is 368 g/mol. The van der Waals surface area contributed by atoms with Crippen LogP contribution in [0, 0.1) is 13.8 Å². The number of benzene rings is 1. The summed E-state index contributed by atoms with van der Waals surface area (Å²) in [7, 11) is 1.89. The van der Waals surface area contributed by atoms with Gasteiger partial charge in [0.25, 0.3) is 0 Å². The van der Waals surface area contributed by atoms with Crippen LogP contribution in [0.4, 0.5) is 0 Å². The third kappa shape index (κ3) is 4.39. The molecule has 1 aliphatic heterocycles. The van der Waals surface area contributed by atoms with E-state index in [2.05, 4.69) is 15.6 Å². The molecule has 0 saturated carbocycles. The zero-order valence-electron chi connectivity index (χ0n) is 17.7. The Morgan fingerprint density at radius 2 is 2.03 bits per heavy atom. The monoisotopic (exact) mass is 396 g/mol. The number of amides is 1. The van der Waals surface area contributed by atoms with Crippen LogP contribution in [0.2, 0.25) is 0 Å². The fourth-order valence-electron chi connectivity index (χ4n) is 3.76. The fraction of sp³-hybridized carbons (Fsp3) is 0.455. The number of nitrogens with one attached hydrogen (secondary N) is 1. The van der Waals surface area contributed by atoms with Crippen LogP contribution < -0.4 is 5.32 Å². The Labute approximate surface area is 171 Å². The molecule has 2 heterocycles. The number of carbonyl (C=O) groups excluding carboxylic acids is 2. The smallest absolute Gasteiger partial charge is 0.220 e. The standard InChI is InChI=1S/C22H28N4O3/c1-6-23-21(28)10-9-20(27)17-8-7-16(11-14(17)2)19-12-22(4,29-25-19)18-13-26(5)24-15(18)3/h7-8,11,13H,6,9-10,12H2,1-5H3,(H,23,28). The van der Waals surface area contributed by atoms with Gasteiger partial charge in [0.15, 0.2) is 11.4 Å². The lowest BCUT2D eigenvalue weighted by molar-refractivity contribution is -0.120. The molecule has 1 aromatic carbocycles. The first kappa shape index (κ1) is 20.8. The highest BCUT2D eigenvalue weighted by molar-refractivity contribution is 6.04. The molecule has 1 aromatic heterocycles. The Morgan fingerprint density at radius 1 is 1.28 bits per heavy atom. The average molecular weight is 396 g/mol. The number of carbonyl (C=O) groups is 2. The molecule has 0 aliphatic carbocycles. The van der Waals surface area contributed by atoms with Crippen molar-refractivity contribution in [2.45, 2.75) is 52.6 Å². The molecule has 0 saturated heterocycles. The maximum atomic E-state index is 12.5. The molecule has 0 bridgehead atoms. The molecule has 0 radical (unpaired) electrons. The van der Waals surface area contributed by atoms with E-state index in [0.717, 1.165) is 28.1 Å². The van der Waals surface area contributed by atoms with E-state index in [0.29, 0.717) is 18.5 Å². The number of hydrogen-bond acceptors (Lipinski definition) is 5. The molecule has 1 unspecified atom stereocenters. The number of aromatic nitrogens is 2. The van der Waals surface area contributed by atoms with Crippen LogP contribution in [0.1, 0.15) is 65.9 Å². The number of hydrogen-bond donors (Lipinski definition) is 1. The molecule has 154 valence electrons. The molecule has 0 spiro atoms. The minimum atomic E-state index is -0.553. The van der Waals surface area contributed by atoms with Gasteiger partial charge in [-0.15, -0.1) is 0 Å². The van der Waals surface area contributed by atoms with Crippen molar-refractivity contribution < 1.29 is 14.4 Å².